The average Bonchev–Trinajstić information content (AvgIpc) is 2.82. The third kappa shape index (κ3) is 3.62. The van der Waals surface area contributed by atoms with Crippen LogP contribution in [0.4, 0.5) is 0 Å². The summed E-state index contributed by atoms with van der Waals surface area (Å²) in [5.74, 6) is 0.121. The van der Waals surface area contributed by atoms with Crippen LogP contribution in [0.25, 0.3) is 0 Å². The molecule has 1 saturated heterocycles. The first-order chi connectivity index (χ1) is 9.59. The summed E-state index contributed by atoms with van der Waals surface area (Å²) in [4.78, 5) is 25.7. The highest BCUT2D eigenvalue weighted by atomic mass is 16.2. The SMILES string of the molecule is CC(C)N1C(=O)CC[C@H]1C(=O)NCCC1=CCCCC1. The van der Waals surface area contributed by atoms with Gasteiger partial charge in [0.2, 0.25) is 11.8 Å². The standard InChI is InChI=1S/C16H26N2O2/c1-12(2)18-14(8-9-15(18)19)16(20)17-11-10-13-6-4-3-5-7-13/h6,12,14H,3-5,7-11H2,1-2H3,(H,17,20)/t14-/m0/s1. The maximum atomic E-state index is 12.2. The minimum atomic E-state index is -0.261. The van der Waals surface area contributed by atoms with Gasteiger partial charge in [-0.15, -0.1) is 0 Å². The molecule has 0 aromatic heterocycles. The van der Waals surface area contributed by atoms with Crippen molar-refractivity contribution in [3.63, 3.8) is 0 Å². The number of amides is 2. The fraction of sp³-hybridized carbons (Fsp3) is 0.750. The van der Waals surface area contributed by atoms with Gasteiger partial charge in [0, 0.05) is 19.0 Å². The molecule has 2 rings (SSSR count). The summed E-state index contributed by atoms with van der Waals surface area (Å²) in [5.41, 5.74) is 1.47. The van der Waals surface area contributed by atoms with Crippen molar-refractivity contribution in [2.75, 3.05) is 6.54 Å². The lowest BCUT2D eigenvalue weighted by Gasteiger charge is -2.27. The third-order valence-corrected chi connectivity index (χ3v) is 4.24. The number of allylic oxidation sites excluding steroid dienone is 1. The molecule has 0 bridgehead atoms. The Morgan fingerprint density at radius 1 is 1.40 bits per heavy atom. The number of likely N-dealkylation sites (tertiary alicyclic amines) is 1. The van der Waals surface area contributed by atoms with E-state index in [2.05, 4.69) is 11.4 Å². The molecule has 1 atom stereocenters. The first kappa shape index (κ1) is 15.1. The van der Waals surface area contributed by atoms with E-state index in [9.17, 15) is 9.59 Å². The number of rotatable bonds is 5. The molecule has 4 heteroatoms. The average molecular weight is 278 g/mol. The van der Waals surface area contributed by atoms with Gasteiger partial charge in [-0.25, -0.2) is 0 Å². The Balaban J connectivity index is 1.79. The Kier molecular flexibility index (Phi) is 5.21. The van der Waals surface area contributed by atoms with Crippen LogP contribution < -0.4 is 5.32 Å². The summed E-state index contributed by atoms with van der Waals surface area (Å²) in [6, 6.07) is -0.162. The van der Waals surface area contributed by atoms with Crippen LogP contribution >= 0.6 is 0 Å². The number of hydrogen-bond donors (Lipinski definition) is 1. The van der Waals surface area contributed by atoms with Gasteiger partial charge in [0.05, 0.1) is 0 Å². The van der Waals surface area contributed by atoms with Crippen LogP contribution in [0, 0.1) is 0 Å². The molecule has 1 heterocycles. The molecule has 20 heavy (non-hydrogen) atoms. The summed E-state index contributed by atoms with van der Waals surface area (Å²) in [6.07, 6.45) is 9.36. The summed E-state index contributed by atoms with van der Waals surface area (Å²) in [7, 11) is 0. The molecule has 0 aromatic carbocycles. The number of nitrogens with one attached hydrogen (secondary N) is 1. The van der Waals surface area contributed by atoms with E-state index in [1.165, 1.54) is 31.3 Å². The molecule has 2 amide bonds. The summed E-state index contributed by atoms with van der Waals surface area (Å²) < 4.78 is 0. The number of hydrogen-bond acceptors (Lipinski definition) is 2. The molecule has 2 aliphatic rings. The quantitative estimate of drug-likeness (QED) is 0.785. The third-order valence-electron chi connectivity index (χ3n) is 4.24. The van der Waals surface area contributed by atoms with Gasteiger partial charge in [-0.1, -0.05) is 11.6 Å². The molecule has 1 aliphatic heterocycles. The maximum absolute atomic E-state index is 12.2. The van der Waals surface area contributed by atoms with Gasteiger partial charge in [-0.2, -0.15) is 0 Å². The molecule has 0 spiro atoms. The molecule has 0 unspecified atom stereocenters. The molecule has 0 aromatic rings. The van der Waals surface area contributed by atoms with E-state index in [1.807, 2.05) is 13.8 Å². The molecule has 4 nitrogen and oxygen atoms in total. The zero-order valence-corrected chi connectivity index (χ0v) is 12.7. The highest BCUT2D eigenvalue weighted by molar-refractivity contribution is 5.91. The Morgan fingerprint density at radius 2 is 2.20 bits per heavy atom. The lowest BCUT2D eigenvalue weighted by molar-refractivity contribution is -0.136. The minimum absolute atomic E-state index is 0.0148. The zero-order valence-electron chi connectivity index (χ0n) is 12.7. The van der Waals surface area contributed by atoms with Crippen molar-refractivity contribution in [1.29, 1.82) is 0 Å². The Hall–Kier alpha value is -1.32. The lowest BCUT2D eigenvalue weighted by Crippen LogP contribution is -2.47. The van der Waals surface area contributed by atoms with Crippen LogP contribution in [0.15, 0.2) is 11.6 Å². The normalized spacial score (nSPS) is 23.1. The fourth-order valence-corrected chi connectivity index (χ4v) is 3.20. The van der Waals surface area contributed by atoms with Crippen molar-refractivity contribution in [3.8, 4) is 0 Å². The van der Waals surface area contributed by atoms with E-state index in [-0.39, 0.29) is 23.9 Å². The first-order valence-electron chi connectivity index (χ1n) is 7.86. The van der Waals surface area contributed by atoms with Gasteiger partial charge in [-0.3, -0.25) is 9.59 Å². The van der Waals surface area contributed by atoms with Gasteiger partial charge >= 0.3 is 0 Å². The number of carbonyl (C=O) groups is 2. The minimum Gasteiger partial charge on any atom is -0.354 e. The van der Waals surface area contributed by atoms with Crippen molar-refractivity contribution < 1.29 is 9.59 Å². The van der Waals surface area contributed by atoms with Crippen molar-refractivity contribution >= 4 is 11.8 Å². The lowest BCUT2D eigenvalue weighted by atomic mass is 9.97. The predicted molar refractivity (Wildman–Crippen MR) is 79.2 cm³/mol. The molecule has 1 N–H and O–H groups in total. The molecular weight excluding hydrogens is 252 g/mol. The van der Waals surface area contributed by atoms with E-state index in [1.54, 1.807) is 4.90 Å². The van der Waals surface area contributed by atoms with Crippen LogP contribution in [0.3, 0.4) is 0 Å². The monoisotopic (exact) mass is 278 g/mol. The van der Waals surface area contributed by atoms with Crippen molar-refractivity contribution in [2.24, 2.45) is 0 Å². The smallest absolute Gasteiger partial charge is 0.242 e. The van der Waals surface area contributed by atoms with Crippen LogP contribution in [0.1, 0.15) is 58.8 Å². The van der Waals surface area contributed by atoms with Gasteiger partial charge in [0.15, 0.2) is 0 Å². The van der Waals surface area contributed by atoms with Gasteiger partial charge < -0.3 is 10.2 Å². The van der Waals surface area contributed by atoms with Gasteiger partial charge in [0.25, 0.3) is 0 Å². The predicted octanol–water partition coefficient (Wildman–Crippen LogP) is 2.39. The number of carbonyl (C=O) groups excluding carboxylic acids is 2. The maximum Gasteiger partial charge on any atom is 0.242 e. The van der Waals surface area contributed by atoms with Crippen LogP contribution in [-0.2, 0) is 9.59 Å². The van der Waals surface area contributed by atoms with Crippen LogP contribution in [0.5, 0.6) is 0 Å². The second kappa shape index (κ2) is 6.91. The van der Waals surface area contributed by atoms with Crippen molar-refractivity contribution in [1.82, 2.24) is 10.2 Å². The van der Waals surface area contributed by atoms with E-state index in [0.29, 0.717) is 19.4 Å². The molecule has 1 aliphatic carbocycles. The second-order valence-corrected chi connectivity index (χ2v) is 6.10. The Bertz CT molecular complexity index is 401. The van der Waals surface area contributed by atoms with Crippen molar-refractivity contribution in [2.45, 2.75) is 70.9 Å². The van der Waals surface area contributed by atoms with Crippen molar-refractivity contribution in [3.05, 3.63) is 11.6 Å². The van der Waals surface area contributed by atoms with E-state index < -0.39 is 0 Å². The second-order valence-electron chi connectivity index (χ2n) is 6.10. The number of nitrogens with zero attached hydrogens (tertiary/aromatic N) is 1. The topological polar surface area (TPSA) is 49.4 Å². The molecule has 0 saturated carbocycles. The fourth-order valence-electron chi connectivity index (χ4n) is 3.20. The molecule has 1 fully saturated rings. The molecule has 112 valence electrons. The van der Waals surface area contributed by atoms with Crippen LogP contribution in [-0.4, -0.2) is 35.3 Å². The molecular formula is C16H26N2O2. The highest BCUT2D eigenvalue weighted by Gasteiger charge is 2.37. The summed E-state index contributed by atoms with van der Waals surface area (Å²) in [6.45, 7) is 4.63. The largest absolute Gasteiger partial charge is 0.354 e. The molecule has 0 radical (unpaired) electrons. The summed E-state index contributed by atoms with van der Waals surface area (Å²) in [5, 5.41) is 3.00. The zero-order chi connectivity index (χ0) is 14.5. The van der Waals surface area contributed by atoms with Gasteiger partial charge in [-0.05, 0) is 52.4 Å². The summed E-state index contributed by atoms with van der Waals surface area (Å²) >= 11 is 0. The van der Waals surface area contributed by atoms with Crippen LogP contribution in [0.2, 0.25) is 0 Å². The van der Waals surface area contributed by atoms with E-state index in [0.717, 1.165) is 6.42 Å². The van der Waals surface area contributed by atoms with E-state index >= 15 is 0 Å². The first-order valence-corrected chi connectivity index (χ1v) is 7.86. The van der Waals surface area contributed by atoms with E-state index in [4.69, 9.17) is 0 Å². The highest BCUT2D eigenvalue weighted by Crippen LogP contribution is 2.22. The Morgan fingerprint density at radius 3 is 2.85 bits per heavy atom. The van der Waals surface area contributed by atoms with Gasteiger partial charge in [0.1, 0.15) is 6.04 Å². The Labute approximate surface area is 121 Å².